The summed E-state index contributed by atoms with van der Waals surface area (Å²) in [5.74, 6) is 0.0553. The van der Waals surface area contributed by atoms with E-state index in [1.807, 2.05) is 48.5 Å². The molecule has 0 unspecified atom stereocenters. The maximum Gasteiger partial charge on any atom is 0.262 e. The fourth-order valence-corrected chi connectivity index (χ4v) is 4.27. The summed E-state index contributed by atoms with van der Waals surface area (Å²) in [6.45, 7) is 2.78. The smallest absolute Gasteiger partial charge is 0.262 e. The van der Waals surface area contributed by atoms with Crippen LogP contribution in [0, 0.1) is 0 Å². The van der Waals surface area contributed by atoms with Gasteiger partial charge in [0.2, 0.25) is 5.91 Å². The highest BCUT2D eigenvalue weighted by atomic mass is 79.9. The van der Waals surface area contributed by atoms with Gasteiger partial charge >= 0.3 is 0 Å². The van der Waals surface area contributed by atoms with Crippen molar-refractivity contribution in [3.8, 4) is 0 Å². The number of nitrogens with one attached hydrogen (secondary N) is 1. The Morgan fingerprint density at radius 1 is 1.14 bits per heavy atom. The van der Waals surface area contributed by atoms with Gasteiger partial charge in [-0.05, 0) is 36.8 Å². The molecule has 2 aromatic carbocycles. The molecule has 3 aromatic rings. The minimum Gasteiger partial charge on any atom is -0.325 e. The summed E-state index contributed by atoms with van der Waals surface area (Å²) in [4.78, 5) is 30.1. The molecule has 0 aliphatic rings. The van der Waals surface area contributed by atoms with Crippen LogP contribution >= 0.6 is 27.7 Å². The van der Waals surface area contributed by atoms with Crippen molar-refractivity contribution in [3.63, 3.8) is 0 Å². The van der Waals surface area contributed by atoms with E-state index in [1.165, 1.54) is 11.8 Å². The van der Waals surface area contributed by atoms with Gasteiger partial charge in [0.1, 0.15) is 0 Å². The molecule has 0 bridgehead atoms. The molecule has 1 amide bonds. The van der Waals surface area contributed by atoms with E-state index in [0.717, 1.165) is 35.8 Å². The first-order chi connectivity index (χ1) is 14.1. The zero-order valence-electron chi connectivity index (χ0n) is 16.4. The quantitative estimate of drug-likeness (QED) is 0.254. The van der Waals surface area contributed by atoms with Gasteiger partial charge in [0.15, 0.2) is 5.16 Å². The fraction of sp³-hybridized carbons (Fsp3) is 0.318. The number of thioether (sulfide) groups is 1. The molecule has 29 heavy (non-hydrogen) atoms. The lowest BCUT2D eigenvalue weighted by atomic mass is 10.2. The molecule has 3 rings (SSSR count). The Kier molecular flexibility index (Phi) is 7.89. The van der Waals surface area contributed by atoms with E-state index in [0.29, 0.717) is 22.6 Å². The van der Waals surface area contributed by atoms with Crippen LogP contribution in [0.4, 0.5) is 5.69 Å². The average molecular weight is 474 g/mol. The number of nitrogens with zero attached hydrogens (tertiary/aromatic N) is 2. The number of unbranched alkanes of at least 4 members (excludes halogenated alkanes) is 3. The molecule has 0 fully saturated rings. The minimum absolute atomic E-state index is 0.0398. The van der Waals surface area contributed by atoms with Crippen LogP contribution in [0.5, 0.6) is 0 Å². The highest BCUT2D eigenvalue weighted by Gasteiger charge is 2.13. The predicted molar refractivity (Wildman–Crippen MR) is 124 cm³/mol. The number of carbonyl (C=O) groups is 1. The Bertz CT molecular complexity index is 1050. The summed E-state index contributed by atoms with van der Waals surface area (Å²) in [5, 5.41) is 4.09. The molecule has 0 saturated heterocycles. The van der Waals surface area contributed by atoms with E-state index in [1.54, 1.807) is 4.57 Å². The first-order valence-electron chi connectivity index (χ1n) is 9.76. The Morgan fingerprint density at radius 2 is 1.97 bits per heavy atom. The summed E-state index contributed by atoms with van der Waals surface area (Å²) in [6, 6.07) is 14.8. The molecule has 0 aliphatic carbocycles. The van der Waals surface area contributed by atoms with E-state index in [4.69, 9.17) is 0 Å². The number of fused-ring (bicyclic) bond motifs is 1. The zero-order chi connectivity index (χ0) is 20.6. The second-order valence-corrected chi connectivity index (χ2v) is 8.63. The number of rotatable bonds is 9. The van der Waals surface area contributed by atoms with Crippen LogP contribution in [0.25, 0.3) is 10.9 Å². The molecule has 1 aromatic heterocycles. The highest BCUT2D eigenvalue weighted by Crippen LogP contribution is 2.20. The van der Waals surface area contributed by atoms with Gasteiger partial charge in [-0.15, -0.1) is 0 Å². The van der Waals surface area contributed by atoms with Crippen molar-refractivity contribution >= 4 is 50.2 Å². The minimum atomic E-state index is -0.131. The molecular formula is C22H24BrN3O2S. The lowest BCUT2D eigenvalue weighted by Gasteiger charge is -2.13. The van der Waals surface area contributed by atoms with Crippen molar-refractivity contribution in [2.45, 2.75) is 44.3 Å². The maximum absolute atomic E-state index is 13.0. The lowest BCUT2D eigenvalue weighted by molar-refractivity contribution is -0.113. The van der Waals surface area contributed by atoms with Crippen LogP contribution in [0.1, 0.15) is 32.6 Å². The molecule has 0 spiro atoms. The molecule has 1 N–H and O–H groups in total. The topological polar surface area (TPSA) is 64.0 Å². The van der Waals surface area contributed by atoms with Gasteiger partial charge in [-0.25, -0.2) is 4.98 Å². The standard InChI is InChI=1S/C22H24BrN3O2S/c1-2-3-4-7-13-26-21(28)18-11-5-6-12-19(18)25-22(26)29-15-20(27)24-17-10-8-9-16(23)14-17/h5-6,8-12,14H,2-4,7,13,15H2,1H3,(H,24,27). The summed E-state index contributed by atoms with van der Waals surface area (Å²) in [6.07, 6.45) is 4.28. The van der Waals surface area contributed by atoms with Crippen LogP contribution in [0.3, 0.4) is 0 Å². The molecule has 0 atom stereocenters. The Hall–Kier alpha value is -2.12. The van der Waals surface area contributed by atoms with E-state index in [2.05, 4.69) is 33.2 Å². The zero-order valence-corrected chi connectivity index (χ0v) is 18.8. The van der Waals surface area contributed by atoms with Crippen molar-refractivity contribution < 1.29 is 4.79 Å². The van der Waals surface area contributed by atoms with Crippen LogP contribution in [0.2, 0.25) is 0 Å². The number of amides is 1. The van der Waals surface area contributed by atoms with E-state index < -0.39 is 0 Å². The number of halogens is 1. The summed E-state index contributed by atoms with van der Waals surface area (Å²) in [5.41, 5.74) is 1.35. The molecule has 152 valence electrons. The SMILES string of the molecule is CCCCCCn1c(SCC(=O)Nc2cccc(Br)c2)nc2ccccc2c1=O. The highest BCUT2D eigenvalue weighted by molar-refractivity contribution is 9.10. The Morgan fingerprint density at radius 3 is 2.76 bits per heavy atom. The summed E-state index contributed by atoms with van der Waals surface area (Å²) < 4.78 is 2.62. The van der Waals surface area contributed by atoms with E-state index in [-0.39, 0.29) is 17.2 Å². The number of hydrogen-bond donors (Lipinski definition) is 1. The molecule has 0 aliphatic heterocycles. The first kappa shape index (κ1) is 21.6. The fourth-order valence-electron chi connectivity index (χ4n) is 3.05. The average Bonchev–Trinajstić information content (AvgIpc) is 2.71. The molecule has 0 radical (unpaired) electrons. The molecule has 5 nitrogen and oxygen atoms in total. The second-order valence-electron chi connectivity index (χ2n) is 6.78. The lowest BCUT2D eigenvalue weighted by Crippen LogP contribution is -2.24. The number of hydrogen-bond acceptors (Lipinski definition) is 4. The van der Waals surface area contributed by atoms with Gasteiger partial charge in [-0.1, -0.05) is 72.1 Å². The molecule has 7 heteroatoms. The number of para-hydroxylation sites is 1. The van der Waals surface area contributed by atoms with Crippen LogP contribution in [0.15, 0.2) is 63.0 Å². The number of anilines is 1. The molecular weight excluding hydrogens is 450 g/mol. The molecule has 0 saturated carbocycles. The van der Waals surface area contributed by atoms with Crippen molar-refractivity contribution in [3.05, 3.63) is 63.4 Å². The van der Waals surface area contributed by atoms with Gasteiger partial charge in [-0.3, -0.25) is 14.2 Å². The van der Waals surface area contributed by atoms with Gasteiger partial charge in [0.25, 0.3) is 5.56 Å². The first-order valence-corrected chi connectivity index (χ1v) is 11.5. The Balaban J connectivity index is 1.77. The monoisotopic (exact) mass is 473 g/mol. The Labute approximate surface area is 183 Å². The van der Waals surface area contributed by atoms with E-state index >= 15 is 0 Å². The van der Waals surface area contributed by atoms with Crippen LogP contribution in [-0.4, -0.2) is 21.2 Å². The third-order valence-corrected chi connectivity index (χ3v) is 5.97. The van der Waals surface area contributed by atoms with E-state index in [9.17, 15) is 9.59 Å². The van der Waals surface area contributed by atoms with Gasteiger partial charge < -0.3 is 5.32 Å². The number of carbonyl (C=O) groups excluding carboxylic acids is 1. The molecule has 1 heterocycles. The third-order valence-electron chi connectivity index (χ3n) is 4.50. The van der Waals surface area contributed by atoms with Crippen molar-refractivity contribution in [1.29, 1.82) is 0 Å². The van der Waals surface area contributed by atoms with Crippen molar-refractivity contribution in [2.24, 2.45) is 0 Å². The predicted octanol–water partition coefficient (Wildman–Crippen LogP) is 5.47. The van der Waals surface area contributed by atoms with Gasteiger partial charge in [0, 0.05) is 16.7 Å². The van der Waals surface area contributed by atoms with Crippen LogP contribution < -0.4 is 10.9 Å². The largest absolute Gasteiger partial charge is 0.325 e. The number of benzene rings is 2. The second kappa shape index (κ2) is 10.6. The number of aromatic nitrogens is 2. The maximum atomic E-state index is 13.0. The third kappa shape index (κ3) is 5.93. The van der Waals surface area contributed by atoms with Crippen molar-refractivity contribution in [1.82, 2.24) is 9.55 Å². The summed E-state index contributed by atoms with van der Waals surface area (Å²) >= 11 is 4.70. The van der Waals surface area contributed by atoms with Gasteiger partial charge in [0.05, 0.1) is 16.7 Å². The van der Waals surface area contributed by atoms with Crippen LogP contribution in [-0.2, 0) is 11.3 Å². The van der Waals surface area contributed by atoms with Gasteiger partial charge in [-0.2, -0.15) is 0 Å². The van der Waals surface area contributed by atoms with Crippen molar-refractivity contribution in [2.75, 3.05) is 11.1 Å². The normalized spacial score (nSPS) is 11.0. The summed E-state index contributed by atoms with van der Waals surface area (Å²) in [7, 11) is 0.